The number of anilines is 1. The summed E-state index contributed by atoms with van der Waals surface area (Å²) in [5.41, 5.74) is 4.46. The van der Waals surface area contributed by atoms with Gasteiger partial charge in [0, 0.05) is 21.2 Å². The van der Waals surface area contributed by atoms with Gasteiger partial charge in [-0.15, -0.1) is 0 Å². The van der Waals surface area contributed by atoms with Crippen molar-refractivity contribution in [2.45, 2.75) is 19.3 Å². The van der Waals surface area contributed by atoms with E-state index in [1.807, 2.05) is 4.68 Å². The maximum absolute atomic E-state index is 11.1. The van der Waals surface area contributed by atoms with Gasteiger partial charge in [-0.1, -0.05) is 12.1 Å². The molecule has 0 unspecified atom stereocenters. The average Bonchev–Trinajstić information content (AvgIpc) is 2.84. The summed E-state index contributed by atoms with van der Waals surface area (Å²) in [7, 11) is 0. The standard InChI is InChI=1S/C20H18IN3O2/c21-15-8-4-13(5-9-15)18-17-3-1-2-12-22-19(17)24(23-18)16-10-6-14(7-11-16)20(25)26/h4-11,22H,1-3,12H2,(H,25,26). The number of carboxylic acids is 1. The van der Waals surface area contributed by atoms with Gasteiger partial charge in [-0.25, -0.2) is 9.48 Å². The van der Waals surface area contributed by atoms with Crippen molar-refractivity contribution in [3.05, 3.63) is 63.2 Å². The molecule has 0 amide bonds. The highest BCUT2D eigenvalue weighted by Gasteiger charge is 2.21. The van der Waals surface area contributed by atoms with E-state index in [4.69, 9.17) is 10.2 Å². The van der Waals surface area contributed by atoms with E-state index in [0.717, 1.165) is 48.6 Å². The molecule has 6 heteroatoms. The van der Waals surface area contributed by atoms with Crippen LogP contribution in [-0.2, 0) is 6.42 Å². The number of carbonyl (C=O) groups is 1. The van der Waals surface area contributed by atoms with Gasteiger partial charge in [-0.05, 0) is 78.3 Å². The Kier molecular flexibility index (Phi) is 4.67. The van der Waals surface area contributed by atoms with Crippen molar-refractivity contribution < 1.29 is 9.90 Å². The normalized spacial score (nSPS) is 13.6. The highest BCUT2D eigenvalue weighted by Crippen LogP contribution is 2.34. The summed E-state index contributed by atoms with van der Waals surface area (Å²) in [6, 6.07) is 15.2. The van der Waals surface area contributed by atoms with Gasteiger partial charge in [0.25, 0.3) is 0 Å². The van der Waals surface area contributed by atoms with E-state index in [2.05, 4.69) is 52.2 Å². The molecule has 3 aromatic rings. The zero-order valence-corrected chi connectivity index (χ0v) is 16.2. The maximum Gasteiger partial charge on any atom is 0.335 e. The Bertz CT molecular complexity index is 946. The molecule has 4 rings (SSSR count). The van der Waals surface area contributed by atoms with Crippen LogP contribution in [0.25, 0.3) is 16.9 Å². The van der Waals surface area contributed by atoms with Crippen LogP contribution in [0.5, 0.6) is 0 Å². The summed E-state index contributed by atoms with van der Waals surface area (Å²) in [5.74, 6) is 0.0904. The zero-order valence-electron chi connectivity index (χ0n) is 14.1. The molecule has 0 spiro atoms. The first-order chi connectivity index (χ1) is 12.6. The number of rotatable bonds is 3. The quantitative estimate of drug-likeness (QED) is 0.563. The minimum Gasteiger partial charge on any atom is -0.478 e. The largest absolute Gasteiger partial charge is 0.478 e. The summed E-state index contributed by atoms with van der Waals surface area (Å²) in [6.07, 6.45) is 3.23. The molecule has 0 fully saturated rings. The van der Waals surface area contributed by atoms with Crippen LogP contribution in [0.4, 0.5) is 5.82 Å². The molecule has 1 aromatic heterocycles. The van der Waals surface area contributed by atoms with Gasteiger partial charge in [0.05, 0.1) is 16.9 Å². The van der Waals surface area contributed by atoms with E-state index < -0.39 is 5.97 Å². The molecule has 1 aliphatic rings. The first-order valence-electron chi connectivity index (χ1n) is 8.59. The molecule has 2 aromatic carbocycles. The average molecular weight is 459 g/mol. The van der Waals surface area contributed by atoms with Crippen LogP contribution in [-0.4, -0.2) is 27.4 Å². The number of fused-ring (bicyclic) bond motifs is 1. The highest BCUT2D eigenvalue weighted by molar-refractivity contribution is 14.1. The van der Waals surface area contributed by atoms with Crippen LogP contribution in [0, 0.1) is 3.57 Å². The first kappa shape index (κ1) is 17.1. The number of nitrogens with one attached hydrogen (secondary N) is 1. The van der Waals surface area contributed by atoms with Crippen molar-refractivity contribution in [2.24, 2.45) is 0 Å². The van der Waals surface area contributed by atoms with Gasteiger partial charge < -0.3 is 10.4 Å². The summed E-state index contributed by atoms with van der Waals surface area (Å²) in [6.45, 7) is 0.915. The minimum atomic E-state index is -0.923. The minimum absolute atomic E-state index is 0.276. The van der Waals surface area contributed by atoms with Crippen LogP contribution in [0.1, 0.15) is 28.8 Å². The smallest absolute Gasteiger partial charge is 0.335 e. The predicted molar refractivity (Wildman–Crippen MR) is 110 cm³/mol. The summed E-state index contributed by atoms with van der Waals surface area (Å²) in [4.78, 5) is 11.1. The number of carboxylic acid groups (broad SMARTS) is 1. The molecule has 2 N–H and O–H groups in total. The first-order valence-corrected chi connectivity index (χ1v) is 9.67. The Hall–Kier alpha value is -2.35. The van der Waals surface area contributed by atoms with Crippen LogP contribution in [0.2, 0.25) is 0 Å². The molecule has 0 bridgehead atoms. The molecule has 0 saturated heterocycles. The van der Waals surface area contributed by atoms with E-state index >= 15 is 0 Å². The second-order valence-corrected chi connectivity index (χ2v) is 7.58. The molecule has 0 aliphatic carbocycles. The molecular weight excluding hydrogens is 441 g/mol. The lowest BCUT2D eigenvalue weighted by molar-refractivity contribution is 0.0697. The number of hydrogen-bond donors (Lipinski definition) is 2. The summed E-state index contributed by atoms with van der Waals surface area (Å²) >= 11 is 2.30. The third-order valence-electron chi connectivity index (χ3n) is 4.61. The number of nitrogens with zero attached hydrogens (tertiary/aromatic N) is 2. The number of aromatic nitrogens is 2. The zero-order chi connectivity index (χ0) is 18.1. The number of benzene rings is 2. The van der Waals surface area contributed by atoms with Crippen LogP contribution < -0.4 is 5.32 Å². The Morgan fingerprint density at radius 2 is 1.81 bits per heavy atom. The van der Waals surface area contributed by atoms with Crippen molar-refractivity contribution in [3.8, 4) is 16.9 Å². The Morgan fingerprint density at radius 3 is 2.50 bits per heavy atom. The third kappa shape index (κ3) is 3.21. The molecule has 0 radical (unpaired) electrons. The monoisotopic (exact) mass is 459 g/mol. The van der Waals surface area contributed by atoms with E-state index in [0.29, 0.717) is 0 Å². The second-order valence-electron chi connectivity index (χ2n) is 6.33. The summed E-state index contributed by atoms with van der Waals surface area (Å²) < 4.78 is 3.10. The molecule has 1 aliphatic heterocycles. The topological polar surface area (TPSA) is 67.1 Å². The molecule has 132 valence electrons. The van der Waals surface area contributed by atoms with Crippen LogP contribution in [0.3, 0.4) is 0 Å². The molecule has 0 atom stereocenters. The summed E-state index contributed by atoms with van der Waals surface area (Å²) in [5, 5.41) is 17.5. The Morgan fingerprint density at radius 1 is 1.08 bits per heavy atom. The highest BCUT2D eigenvalue weighted by atomic mass is 127. The van der Waals surface area contributed by atoms with E-state index in [9.17, 15) is 4.79 Å². The molecule has 5 nitrogen and oxygen atoms in total. The van der Waals surface area contributed by atoms with Crippen LogP contribution in [0.15, 0.2) is 48.5 Å². The lowest BCUT2D eigenvalue weighted by Gasteiger charge is -2.09. The fourth-order valence-corrected chi connectivity index (χ4v) is 3.63. The molecular formula is C20H18IN3O2. The van der Waals surface area contributed by atoms with E-state index in [-0.39, 0.29) is 5.56 Å². The molecule has 0 saturated carbocycles. The lowest BCUT2D eigenvalue weighted by Crippen LogP contribution is -2.07. The van der Waals surface area contributed by atoms with Crippen molar-refractivity contribution in [3.63, 3.8) is 0 Å². The Balaban J connectivity index is 1.84. The van der Waals surface area contributed by atoms with Gasteiger partial charge in [0.1, 0.15) is 5.82 Å². The van der Waals surface area contributed by atoms with E-state index in [1.165, 1.54) is 9.13 Å². The number of hydrogen-bond acceptors (Lipinski definition) is 3. The van der Waals surface area contributed by atoms with Gasteiger partial charge in [0.2, 0.25) is 0 Å². The third-order valence-corrected chi connectivity index (χ3v) is 5.33. The lowest BCUT2D eigenvalue weighted by atomic mass is 10.0. The van der Waals surface area contributed by atoms with Gasteiger partial charge in [-0.2, -0.15) is 5.10 Å². The number of halogens is 1. The second kappa shape index (κ2) is 7.11. The van der Waals surface area contributed by atoms with Gasteiger partial charge in [0.15, 0.2) is 0 Å². The van der Waals surface area contributed by atoms with Crippen molar-refractivity contribution in [1.82, 2.24) is 9.78 Å². The van der Waals surface area contributed by atoms with Crippen molar-refractivity contribution in [2.75, 3.05) is 11.9 Å². The Labute approximate surface area is 165 Å². The van der Waals surface area contributed by atoms with Crippen molar-refractivity contribution >= 4 is 34.4 Å². The van der Waals surface area contributed by atoms with Gasteiger partial charge in [-0.3, -0.25) is 0 Å². The fraction of sp³-hybridized carbons (Fsp3) is 0.200. The predicted octanol–water partition coefficient (Wildman–Crippen LogP) is 4.59. The molecule has 26 heavy (non-hydrogen) atoms. The number of aromatic carboxylic acids is 1. The van der Waals surface area contributed by atoms with Gasteiger partial charge >= 0.3 is 5.97 Å². The molecule has 2 heterocycles. The van der Waals surface area contributed by atoms with Crippen molar-refractivity contribution in [1.29, 1.82) is 0 Å². The fourth-order valence-electron chi connectivity index (χ4n) is 3.27. The SMILES string of the molecule is O=C(O)c1ccc(-n2nc(-c3ccc(I)cc3)c3c2NCCCC3)cc1. The van der Waals surface area contributed by atoms with E-state index in [1.54, 1.807) is 24.3 Å². The van der Waals surface area contributed by atoms with Crippen LogP contribution >= 0.6 is 22.6 Å². The maximum atomic E-state index is 11.1.